The molecule has 4 nitrogen and oxygen atoms in total. The summed E-state index contributed by atoms with van der Waals surface area (Å²) in [7, 11) is 1.64. The van der Waals surface area contributed by atoms with E-state index in [0.29, 0.717) is 17.1 Å². The van der Waals surface area contributed by atoms with Gasteiger partial charge in [-0.2, -0.15) is 0 Å². The highest BCUT2D eigenvalue weighted by molar-refractivity contribution is 6.30. The van der Waals surface area contributed by atoms with Crippen LogP contribution in [0.15, 0.2) is 24.3 Å². The first kappa shape index (κ1) is 11.9. The van der Waals surface area contributed by atoms with Crippen LogP contribution >= 0.6 is 11.6 Å². The molecule has 0 N–H and O–H groups in total. The molecule has 1 unspecified atom stereocenters. The van der Waals surface area contributed by atoms with Gasteiger partial charge in [-0.3, -0.25) is 4.79 Å². The van der Waals surface area contributed by atoms with Crippen molar-refractivity contribution in [1.29, 1.82) is 0 Å². The van der Waals surface area contributed by atoms with Crippen molar-refractivity contribution in [3.8, 4) is 0 Å². The molecule has 0 aliphatic carbocycles. The number of rotatable bonds is 2. The second-order valence-electron chi connectivity index (χ2n) is 3.97. The van der Waals surface area contributed by atoms with Gasteiger partial charge in [-0.05, 0) is 30.7 Å². The summed E-state index contributed by atoms with van der Waals surface area (Å²) in [5.74, 6) is -0.178. The van der Waals surface area contributed by atoms with Crippen molar-refractivity contribution in [1.82, 2.24) is 4.90 Å². The minimum absolute atomic E-state index is 0.178. The number of carbonyl (C=O) groups excluding carboxylic acids is 2. The predicted molar refractivity (Wildman–Crippen MR) is 66.2 cm³/mol. The Morgan fingerprint density at radius 2 is 1.82 bits per heavy atom. The Kier molecular flexibility index (Phi) is 3.07. The van der Waals surface area contributed by atoms with Crippen LogP contribution in [0.25, 0.3) is 0 Å². The number of imide groups is 1. The maximum atomic E-state index is 12.1. The monoisotopic (exact) mass is 252 g/mol. The summed E-state index contributed by atoms with van der Waals surface area (Å²) in [4.78, 5) is 26.7. The molecule has 1 heterocycles. The summed E-state index contributed by atoms with van der Waals surface area (Å²) < 4.78 is 0. The van der Waals surface area contributed by atoms with Crippen LogP contribution in [0.3, 0.4) is 0 Å². The lowest BCUT2D eigenvalue weighted by molar-refractivity contribution is -0.119. The predicted octanol–water partition coefficient (Wildman–Crippen LogP) is 2.52. The van der Waals surface area contributed by atoms with Crippen LogP contribution in [-0.4, -0.2) is 29.9 Å². The lowest BCUT2D eigenvalue weighted by atomic mass is 10.2. The number of benzene rings is 1. The van der Waals surface area contributed by atoms with Crippen LogP contribution in [0, 0.1) is 0 Å². The molecule has 2 rings (SSSR count). The van der Waals surface area contributed by atoms with E-state index < -0.39 is 0 Å². The van der Waals surface area contributed by atoms with E-state index in [9.17, 15) is 9.59 Å². The van der Waals surface area contributed by atoms with E-state index in [-0.39, 0.29) is 18.0 Å². The quantitative estimate of drug-likeness (QED) is 0.759. The minimum Gasteiger partial charge on any atom is -0.315 e. The van der Waals surface area contributed by atoms with Crippen molar-refractivity contribution in [3.63, 3.8) is 0 Å². The lowest BCUT2D eigenvalue weighted by Crippen LogP contribution is -2.31. The Balaban J connectivity index is 2.36. The Morgan fingerprint density at radius 3 is 2.29 bits per heavy atom. The number of likely N-dealkylation sites (N-methyl/N-ethyl adjacent to an activating group) is 1. The van der Waals surface area contributed by atoms with Crippen molar-refractivity contribution in [3.05, 3.63) is 29.3 Å². The van der Waals surface area contributed by atoms with Gasteiger partial charge in [0.25, 0.3) is 5.91 Å². The van der Waals surface area contributed by atoms with E-state index in [1.165, 1.54) is 9.80 Å². The average Bonchev–Trinajstić information content (AvgIpc) is 2.52. The third-order valence-electron chi connectivity index (χ3n) is 2.94. The summed E-state index contributed by atoms with van der Waals surface area (Å²) in [6, 6.07) is 6.02. The molecule has 90 valence electrons. The third kappa shape index (κ3) is 1.89. The first-order valence-electron chi connectivity index (χ1n) is 5.42. The van der Waals surface area contributed by atoms with Gasteiger partial charge >= 0.3 is 6.03 Å². The molecule has 1 aromatic carbocycles. The van der Waals surface area contributed by atoms with Crippen LogP contribution in [0.4, 0.5) is 10.5 Å². The fourth-order valence-corrected chi connectivity index (χ4v) is 2.10. The van der Waals surface area contributed by atoms with E-state index >= 15 is 0 Å². The molecule has 0 radical (unpaired) electrons. The lowest BCUT2D eigenvalue weighted by Gasteiger charge is -2.14. The molecule has 0 aromatic heterocycles. The second kappa shape index (κ2) is 4.37. The maximum Gasteiger partial charge on any atom is 0.331 e. The summed E-state index contributed by atoms with van der Waals surface area (Å²) >= 11 is 5.78. The van der Waals surface area contributed by atoms with Crippen LogP contribution < -0.4 is 4.90 Å². The number of carbonyl (C=O) groups is 2. The van der Waals surface area contributed by atoms with E-state index in [0.717, 1.165) is 0 Å². The Morgan fingerprint density at radius 1 is 1.24 bits per heavy atom. The summed E-state index contributed by atoms with van der Waals surface area (Å²) in [5, 5.41) is 0.577. The standard InChI is InChI=1S/C12H13ClN2O2/c1-3-10-11(16)15(12(17)14(10)2)9-6-4-8(13)5-7-9/h4-7,10H,3H2,1-2H3. The fraction of sp³-hybridized carbons (Fsp3) is 0.333. The van der Waals surface area contributed by atoms with E-state index in [1.54, 1.807) is 31.3 Å². The number of amides is 3. The van der Waals surface area contributed by atoms with E-state index in [4.69, 9.17) is 11.6 Å². The number of nitrogens with zero attached hydrogens (tertiary/aromatic N) is 2. The zero-order valence-electron chi connectivity index (χ0n) is 9.68. The Labute approximate surface area is 105 Å². The van der Waals surface area contributed by atoms with Gasteiger partial charge in [0.1, 0.15) is 6.04 Å². The van der Waals surface area contributed by atoms with Crippen molar-refractivity contribution in [2.24, 2.45) is 0 Å². The molecule has 5 heteroatoms. The van der Waals surface area contributed by atoms with Crippen molar-refractivity contribution < 1.29 is 9.59 Å². The number of urea groups is 1. The van der Waals surface area contributed by atoms with E-state index in [1.807, 2.05) is 6.92 Å². The average molecular weight is 253 g/mol. The number of hydrogen-bond acceptors (Lipinski definition) is 2. The van der Waals surface area contributed by atoms with Crippen LogP contribution in [0.2, 0.25) is 5.02 Å². The molecule has 1 fully saturated rings. The molecule has 1 atom stereocenters. The smallest absolute Gasteiger partial charge is 0.315 e. The van der Waals surface area contributed by atoms with Crippen LogP contribution in [0.5, 0.6) is 0 Å². The van der Waals surface area contributed by atoms with Gasteiger partial charge in [0.05, 0.1) is 5.69 Å². The molecular weight excluding hydrogens is 240 g/mol. The SMILES string of the molecule is CCC1C(=O)N(c2ccc(Cl)cc2)C(=O)N1C. The molecule has 0 bridgehead atoms. The summed E-state index contributed by atoms with van der Waals surface area (Å²) in [6.07, 6.45) is 0.616. The van der Waals surface area contributed by atoms with Crippen LogP contribution in [0.1, 0.15) is 13.3 Å². The van der Waals surface area contributed by atoms with Gasteiger partial charge < -0.3 is 4.90 Å². The van der Waals surface area contributed by atoms with Gasteiger partial charge in [0.2, 0.25) is 0 Å². The topological polar surface area (TPSA) is 40.6 Å². The van der Waals surface area contributed by atoms with Crippen molar-refractivity contribution in [2.45, 2.75) is 19.4 Å². The summed E-state index contributed by atoms with van der Waals surface area (Å²) in [5.41, 5.74) is 0.562. The highest BCUT2D eigenvalue weighted by Gasteiger charge is 2.42. The summed E-state index contributed by atoms with van der Waals surface area (Å²) in [6.45, 7) is 1.89. The molecule has 1 saturated heterocycles. The maximum absolute atomic E-state index is 12.1. The molecular formula is C12H13ClN2O2. The van der Waals surface area contributed by atoms with Crippen LogP contribution in [-0.2, 0) is 4.79 Å². The number of anilines is 1. The Bertz CT molecular complexity index is 458. The van der Waals surface area contributed by atoms with E-state index in [2.05, 4.69) is 0 Å². The molecule has 1 aliphatic heterocycles. The zero-order chi connectivity index (χ0) is 12.6. The highest BCUT2D eigenvalue weighted by atomic mass is 35.5. The van der Waals surface area contributed by atoms with Gasteiger partial charge in [-0.1, -0.05) is 18.5 Å². The molecule has 1 aromatic rings. The van der Waals surface area contributed by atoms with Gasteiger partial charge in [-0.25, -0.2) is 9.69 Å². The van der Waals surface area contributed by atoms with Crippen molar-refractivity contribution >= 4 is 29.2 Å². The first-order valence-corrected chi connectivity index (χ1v) is 5.80. The number of hydrogen-bond donors (Lipinski definition) is 0. The third-order valence-corrected chi connectivity index (χ3v) is 3.19. The second-order valence-corrected chi connectivity index (χ2v) is 4.40. The van der Waals surface area contributed by atoms with Gasteiger partial charge in [0.15, 0.2) is 0 Å². The highest BCUT2D eigenvalue weighted by Crippen LogP contribution is 2.26. The first-order chi connectivity index (χ1) is 8.06. The van der Waals surface area contributed by atoms with Crippen molar-refractivity contribution in [2.75, 3.05) is 11.9 Å². The molecule has 3 amide bonds. The minimum atomic E-state index is -0.363. The molecule has 17 heavy (non-hydrogen) atoms. The zero-order valence-corrected chi connectivity index (χ0v) is 10.4. The molecule has 1 aliphatic rings. The van der Waals surface area contributed by atoms with Gasteiger partial charge in [0, 0.05) is 12.1 Å². The Hall–Kier alpha value is -1.55. The molecule has 0 saturated carbocycles. The fourth-order valence-electron chi connectivity index (χ4n) is 1.98. The molecule has 0 spiro atoms. The number of halogens is 1. The largest absolute Gasteiger partial charge is 0.331 e. The van der Waals surface area contributed by atoms with Gasteiger partial charge in [-0.15, -0.1) is 0 Å². The normalized spacial score (nSPS) is 20.3.